The Morgan fingerprint density at radius 1 is 1.07 bits per heavy atom. The van der Waals surface area contributed by atoms with E-state index in [0.29, 0.717) is 12.5 Å². The summed E-state index contributed by atoms with van der Waals surface area (Å²) in [6, 6.07) is 8.26. The van der Waals surface area contributed by atoms with Crippen molar-refractivity contribution >= 4 is 30.8 Å². The largest absolute Gasteiger partial charge is 0.493 e. The Morgan fingerprint density at radius 2 is 1.86 bits per heavy atom. The van der Waals surface area contributed by atoms with Gasteiger partial charge >= 0.3 is 5.97 Å². The maximum Gasteiger partial charge on any atom is 0.310 e. The number of esters is 1. The van der Waals surface area contributed by atoms with Crippen LogP contribution in [0.1, 0.15) is 12.0 Å². The summed E-state index contributed by atoms with van der Waals surface area (Å²) in [6.07, 6.45) is 1.02. The summed E-state index contributed by atoms with van der Waals surface area (Å²) in [6.45, 7) is 8.67. The van der Waals surface area contributed by atoms with E-state index in [9.17, 15) is 4.79 Å². The lowest BCUT2D eigenvalue weighted by atomic mass is 10.0. The molecule has 3 fully saturated rings. The average molecular weight is 433 g/mol. The summed E-state index contributed by atoms with van der Waals surface area (Å²) >= 11 is 0. The van der Waals surface area contributed by atoms with Gasteiger partial charge in [0.25, 0.3) is 0 Å². The Labute approximate surface area is 179 Å². The van der Waals surface area contributed by atoms with E-state index in [1.54, 1.807) is 0 Å². The van der Waals surface area contributed by atoms with E-state index in [-0.39, 0.29) is 36.7 Å². The first-order chi connectivity index (χ1) is 12.8. The van der Waals surface area contributed by atoms with Gasteiger partial charge in [-0.2, -0.15) is 0 Å². The van der Waals surface area contributed by atoms with Crippen LogP contribution in [0.3, 0.4) is 0 Å². The Bertz CT molecular complexity index is 628. The third-order valence-electron chi connectivity index (χ3n) is 5.61. The highest BCUT2D eigenvalue weighted by Gasteiger charge is 2.43. The lowest BCUT2D eigenvalue weighted by Gasteiger charge is -2.26. The van der Waals surface area contributed by atoms with Crippen molar-refractivity contribution in [1.29, 1.82) is 0 Å². The zero-order valence-electron chi connectivity index (χ0n) is 16.1. The predicted molar refractivity (Wildman–Crippen MR) is 112 cm³/mol. The van der Waals surface area contributed by atoms with Crippen LogP contribution in [0.4, 0.5) is 0 Å². The molecular formula is C20H30Cl2N2O4. The number of cyclic esters (lactones) is 1. The summed E-state index contributed by atoms with van der Waals surface area (Å²) in [5.41, 5.74) is 1.20. The Morgan fingerprint density at radius 3 is 2.64 bits per heavy atom. The van der Waals surface area contributed by atoms with Crippen molar-refractivity contribution in [3.05, 3.63) is 29.8 Å². The molecule has 0 spiro atoms. The number of morpholine rings is 1. The fourth-order valence-corrected chi connectivity index (χ4v) is 4.13. The number of halogens is 2. The molecule has 158 valence electrons. The first kappa shape index (κ1) is 23.2. The van der Waals surface area contributed by atoms with Gasteiger partial charge in [0.2, 0.25) is 0 Å². The van der Waals surface area contributed by atoms with Crippen LogP contribution in [-0.2, 0) is 20.8 Å². The van der Waals surface area contributed by atoms with E-state index in [4.69, 9.17) is 14.2 Å². The van der Waals surface area contributed by atoms with E-state index < -0.39 is 0 Å². The van der Waals surface area contributed by atoms with Crippen molar-refractivity contribution in [1.82, 2.24) is 9.80 Å². The van der Waals surface area contributed by atoms with Crippen molar-refractivity contribution in [2.45, 2.75) is 13.0 Å². The first-order valence-corrected chi connectivity index (χ1v) is 9.69. The van der Waals surface area contributed by atoms with Gasteiger partial charge in [-0.1, -0.05) is 18.2 Å². The number of rotatable bonds is 7. The number of carbonyl (C=O) groups is 1. The zero-order valence-corrected chi connectivity index (χ0v) is 17.7. The topological polar surface area (TPSA) is 51.2 Å². The van der Waals surface area contributed by atoms with E-state index >= 15 is 0 Å². The number of likely N-dealkylation sites (tertiary alicyclic amines) is 1. The highest BCUT2D eigenvalue weighted by molar-refractivity contribution is 5.85. The molecule has 0 aliphatic carbocycles. The van der Waals surface area contributed by atoms with Gasteiger partial charge in [-0.3, -0.25) is 14.6 Å². The van der Waals surface area contributed by atoms with Gasteiger partial charge in [0, 0.05) is 50.7 Å². The van der Waals surface area contributed by atoms with Crippen molar-refractivity contribution in [2.24, 2.45) is 11.8 Å². The molecule has 3 heterocycles. The SMILES string of the molecule is Cl.Cl.O=C1OC[C@H]2CN(Cc3ccccc3OCCCN3CCOCC3)C[C@@H]12. The number of nitrogens with zero attached hydrogens (tertiary/aromatic N) is 2. The van der Waals surface area contributed by atoms with Crippen LogP contribution < -0.4 is 4.74 Å². The number of fused-ring (bicyclic) bond motifs is 1. The molecule has 0 bridgehead atoms. The molecule has 3 aliphatic heterocycles. The van der Waals surface area contributed by atoms with Crippen LogP contribution in [0.25, 0.3) is 0 Å². The Hall–Kier alpha value is -1.05. The van der Waals surface area contributed by atoms with Gasteiger partial charge in [-0.25, -0.2) is 0 Å². The number of hydrogen-bond donors (Lipinski definition) is 0. The van der Waals surface area contributed by atoms with E-state index in [1.807, 2.05) is 6.07 Å². The van der Waals surface area contributed by atoms with Crippen molar-refractivity contribution < 1.29 is 19.0 Å². The lowest BCUT2D eigenvalue weighted by Crippen LogP contribution is -2.37. The first-order valence-electron chi connectivity index (χ1n) is 9.69. The van der Waals surface area contributed by atoms with Gasteiger partial charge in [0.15, 0.2) is 0 Å². The molecule has 4 rings (SSSR count). The molecule has 0 amide bonds. The summed E-state index contributed by atoms with van der Waals surface area (Å²) in [5, 5.41) is 0. The second kappa shape index (κ2) is 11.2. The summed E-state index contributed by atoms with van der Waals surface area (Å²) in [5.74, 6) is 1.37. The lowest BCUT2D eigenvalue weighted by molar-refractivity contribution is -0.141. The maximum atomic E-state index is 11.7. The monoisotopic (exact) mass is 432 g/mol. The summed E-state index contributed by atoms with van der Waals surface area (Å²) in [7, 11) is 0. The van der Waals surface area contributed by atoms with Crippen LogP contribution in [0.5, 0.6) is 5.75 Å². The van der Waals surface area contributed by atoms with Gasteiger partial charge in [0.05, 0.1) is 32.3 Å². The molecule has 0 radical (unpaired) electrons. The molecule has 8 heteroatoms. The third-order valence-corrected chi connectivity index (χ3v) is 5.61. The Kier molecular flexibility index (Phi) is 9.31. The number of carbonyl (C=O) groups excluding carboxylic acids is 1. The fraction of sp³-hybridized carbons (Fsp3) is 0.650. The standard InChI is InChI=1S/C20H28N2O4.2ClH/c23-20-18-14-22(13-17(18)15-26-20)12-16-4-1-2-5-19(16)25-9-3-6-21-7-10-24-11-8-21;;/h1-2,4-5,17-18H,3,6-15H2;2*1H/t17-,18-;;/m1../s1. The van der Waals surface area contributed by atoms with Gasteiger partial charge in [-0.05, 0) is 12.5 Å². The molecule has 0 aromatic heterocycles. The van der Waals surface area contributed by atoms with Gasteiger partial charge < -0.3 is 14.2 Å². The number of benzene rings is 1. The molecular weight excluding hydrogens is 403 g/mol. The van der Waals surface area contributed by atoms with Crippen LogP contribution in [-0.4, -0.2) is 74.9 Å². The highest BCUT2D eigenvalue weighted by Crippen LogP contribution is 2.32. The van der Waals surface area contributed by atoms with E-state index in [0.717, 1.165) is 71.3 Å². The molecule has 6 nitrogen and oxygen atoms in total. The molecule has 3 saturated heterocycles. The zero-order chi connectivity index (χ0) is 17.8. The third kappa shape index (κ3) is 5.74. The minimum Gasteiger partial charge on any atom is -0.493 e. The highest BCUT2D eigenvalue weighted by atomic mass is 35.5. The molecule has 1 aromatic carbocycles. The molecule has 1 aromatic rings. The van der Waals surface area contributed by atoms with Crippen LogP contribution in [0.2, 0.25) is 0 Å². The smallest absolute Gasteiger partial charge is 0.310 e. The quantitative estimate of drug-likeness (QED) is 0.486. The second-order valence-corrected chi connectivity index (χ2v) is 7.45. The summed E-state index contributed by atoms with van der Waals surface area (Å²) < 4.78 is 16.6. The van der Waals surface area contributed by atoms with E-state index in [2.05, 4.69) is 28.0 Å². The molecule has 0 unspecified atom stereocenters. The van der Waals surface area contributed by atoms with Gasteiger partial charge in [-0.15, -0.1) is 24.8 Å². The second-order valence-electron chi connectivity index (χ2n) is 7.45. The molecule has 2 atom stereocenters. The van der Waals surface area contributed by atoms with Crippen LogP contribution in [0.15, 0.2) is 24.3 Å². The van der Waals surface area contributed by atoms with Crippen LogP contribution >= 0.6 is 24.8 Å². The van der Waals surface area contributed by atoms with E-state index in [1.165, 1.54) is 5.56 Å². The predicted octanol–water partition coefficient (Wildman–Crippen LogP) is 2.24. The molecule has 0 N–H and O–H groups in total. The molecule has 3 aliphatic rings. The summed E-state index contributed by atoms with van der Waals surface area (Å²) in [4.78, 5) is 16.5. The van der Waals surface area contributed by atoms with Crippen LogP contribution in [0, 0.1) is 11.8 Å². The number of para-hydroxylation sites is 1. The van der Waals surface area contributed by atoms with Crippen molar-refractivity contribution in [3.8, 4) is 5.75 Å². The minimum atomic E-state index is -0.0230. The molecule has 0 saturated carbocycles. The Balaban J connectivity index is 0.00000140. The maximum absolute atomic E-state index is 11.7. The number of ether oxygens (including phenoxy) is 3. The minimum absolute atomic E-state index is 0. The normalized spacial score (nSPS) is 24.8. The number of hydrogen-bond acceptors (Lipinski definition) is 6. The molecule has 28 heavy (non-hydrogen) atoms. The fourth-order valence-electron chi connectivity index (χ4n) is 4.13. The van der Waals surface area contributed by atoms with Crippen molar-refractivity contribution in [2.75, 3.05) is 59.2 Å². The average Bonchev–Trinajstić information content (AvgIpc) is 3.22. The van der Waals surface area contributed by atoms with Crippen molar-refractivity contribution in [3.63, 3.8) is 0 Å². The van der Waals surface area contributed by atoms with Gasteiger partial charge in [0.1, 0.15) is 5.75 Å².